The number of carbonyl (C=O) groups is 1. The van der Waals surface area contributed by atoms with E-state index in [1.165, 1.54) is 19.4 Å². The van der Waals surface area contributed by atoms with Crippen LogP contribution in [0.4, 0.5) is 5.69 Å². The molecule has 0 saturated heterocycles. The Kier molecular flexibility index (Phi) is 5.94. The second-order valence-corrected chi connectivity index (χ2v) is 4.99. The Labute approximate surface area is 119 Å². The molecule has 0 fully saturated rings. The van der Waals surface area contributed by atoms with Crippen LogP contribution in [-0.2, 0) is 24.1 Å². The minimum atomic E-state index is -0.0614. The van der Waals surface area contributed by atoms with Crippen LogP contribution in [0.5, 0.6) is 0 Å². The Bertz CT molecular complexity index is 515. The molecule has 1 aromatic rings. The van der Waals surface area contributed by atoms with Gasteiger partial charge in [-0.2, -0.15) is 0 Å². The standard InChI is InChI=1S/C15H17NO.W/c1-5-12(4)14(6-2)15(17)16-13-9-7-8-11(3)10-13;/h1,5-10H,2-4H3,(H,16,17);. The number of hydrogen-bond acceptors (Lipinski definition) is 1. The fraction of sp³-hybridized carbons (Fsp3) is 0.200. The molecule has 0 aliphatic rings. The maximum absolute atomic E-state index is 12.1. The molecule has 0 aliphatic carbocycles. The average Bonchev–Trinajstić information content (AvgIpc) is 2.30. The summed E-state index contributed by atoms with van der Waals surface area (Å²) in [4.78, 5) is 12.1. The number of rotatable bonds is 4. The molecule has 2 nitrogen and oxygen atoms in total. The van der Waals surface area contributed by atoms with Crippen molar-refractivity contribution in [3.05, 3.63) is 53.1 Å². The average molecular weight is 411 g/mol. The molecule has 0 aromatic heterocycles. The third-order valence-corrected chi connectivity index (χ3v) is 3.04. The summed E-state index contributed by atoms with van der Waals surface area (Å²) in [7, 11) is 0. The molecule has 0 atom stereocenters. The van der Waals surface area contributed by atoms with Gasteiger partial charge in [0, 0.05) is 0 Å². The molecule has 1 rings (SSSR count). The quantitative estimate of drug-likeness (QED) is 0.599. The zero-order valence-corrected chi connectivity index (χ0v) is 13.8. The van der Waals surface area contributed by atoms with Crippen LogP contribution in [0.3, 0.4) is 0 Å². The molecule has 1 amide bonds. The number of allylic oxidation sites excluding steroid dienone is 2. The summed E-state index contributed by atoms with van der Waals surface area (Å²) >= 11 is 1.37. The first-order chi connectivity index (χ1) is 8.58. The van der Waals surface area contributed by atoms with Gasteiger partial charge in [0.1, 0.15) is 0 Å². The van der Waals surface area contributed by atoms with Crippen LogP contribution in [0, 0.1) is 6.92 Å². The topological polar surface area (TPSA) is 29.1 Å². The van der Waals surface area contributed by atoms with E-state index in [4.69, 9.17) is 0 Å². The first-order valence-corrected chi connectivity index (χ1v) is 7.44. The molecule has 3 heteroatoms. The first-order valence-electron chi connectivity index (χ1n) is 5.75. The van der Waals surface area contributed by atoms with E-state index in [1.807, 2.05) is 61.6 Å². The minimum absolute atomic E-state index is 0.0614. The molecule has 1 N–H and O–H groups in total. The number of hydrogen-bond donors (Lipinski definition) is 1. The van der Waals surface area contributed by atoms with Crippen molar-refractivity contribution in [2.45, 2.75) is 20.8 Å². The Morgan fingerprint density at radius 1 is 1.39 bits per heavy atom. The van der Waals surface area contributed by atoms with Crippen molar-refractivity contribution >= 4 is 16.0 Å². The van der Waals surface area contributed by atoms with Crippen molar-refractivity contribution in [1.82, 2.24) is 0 Å². The summed E-state index contributed by atoms with van der Waals surface area (Å²) in [6.45, 7) is 5.84. The van der Waals surface area contributed by atoms with Gasteiger partial charge in [-0.3, -0.25) is 0 Å². The van der Waals surface area contributed by atoms with E-state index >= 15 is 0 Å². The monoisotopic (exact) mass is 411 g/mol. The van der Waals surface area contributed by atoms with E-state index in [-0.39, 0.29) is 5.91 Å². The molecule has 0 spiro atoms. The van der Waals surface area contributed by atoms with E-state index in [1.54, 1.807) is 0 Å². The van der Waals surface area contributed by atoms with Gasteiger partial charge in [-0.25, -0.2) is 0 Å². The van der Waals surface area contributed by atoms with Gasteiger partial charge in [0.15, 0.2) is 0 Å². The van der Waals surface area contributed by atoms with E-state index in [0.29, 0.717) is 5.57 Å². The van der Waals surface area contributed by atoms with Crippen molar-refractivity contribution in [1.29, 1.82) is 0 Å². The number of benzene rings is 1. The molecule has 0 unspecified atom stereocenters. The molecule has 0 saturated carbocycles. The van der Waals surface area contributed by atoms with Gasteiger partial charge < -0.3 is 0 Å². The fourth-order valence-electron chi connectivity index (χ4n) is 1.65. The Morgan fingerprint density at radius 3 is 2.67 bits per heavy atom. The van der Waals surface area contributed by atoms with E-state index in [0.717, 1.165) is 16.8 Å². The molecule has 18 heavy (non-hydrogen) atoms. The Balaban J connectivity index is 2.88. The molecular weight excluding hydrogens is 394 g/mol. The normalized spacial score (nSPS) is 12.2. The number of nitrogens with one attached hydrogen (secondary N) is 1. The third kappa shape index (κ3) is 4.19. The van der Waals surface area contributed by atoms with Crippen molar-refractivity contribution < 1.29 is 24.1 Å². The van der Waals surface area contributed by atoms with E-state index in [9.17, 15) is 4.79 Å². The van der Waals surface area contributed by atoms with Crippen molar-refractivity contribution in [2.75, 3.05) is 5.32 Å². The van der Waals surface area contributed by atoms with Gasteiger partial charge in [0.25, 0.3) is 0 Å². The van der Waals surface area contributed by atoms with Crippen LogP contribution in [0.15, 0.2) is 47.6 Å². The van der Waals surface area contributed by atoms with Gasteiger partial charge in [0.05, 0.1) is 0 Å². The number of carbonyl (C=O) groups excluding carboxylic acids is 1. The SMILES string of the molecule is CC=C(C(=O)Nc1cccc(C)c1)C(C)=C[CH]=[W]. The van der Waals surface area contributed by atoms with Crippen LogP contribution in [-0.4, -0.2) is 10.3 Å². The van der Waals surface area contributed by atoms with E-state index < -0.39 is 0 Å². The molecule has 0 heterocycles. The summed E-state index contributed by atoms with van der Waals surface area (Å²) in [5.41, 5.74) is 3.66. The van der Waals surface area contributed by atoms with Crippen molar-refractivity contribution in [2.24, 2.45) is 0 Å². The molecule has 0 bridgehead atoms. The second-order valence-electron chi connectivity index (χ2n) is 4.01. The molecule has 94 valence electrons. The van der Waals surface area contributed by atoms with Gasteiger partial charge >= 0.3 is 119 Å². The number of aryl methyl sites for hydroxylation is 1. The zero-order valence-electron chi connectivity index (χ0n) is 10.9. The summed E-state index contributed by atoms with van der Waals surface area (Å²) in [6.07, 6.45) is 3.82. The number of amides is 1. The first kappa shape index (κ1) is 14.8. The van der Waals surface area contributed by atoms with Crippen LogP contribution in [0.2, 0.25) is 0 Å². The summed E-state index contributed by atoms with van der Waals surface area (Å²) in [5.74, 6) is -0.0614. The predicted molar refractivity (Wildman–Crippen MR) is 73.4 cm³/mol. The van der Waals surface area contributed by atoms with E-state index in [2.05, 4.69) is 5.32 Å². The van der Waals surface area contributed by atoms with Crippen LogP contribution in [0.1, 0.15) is 19.4 Å². The number of anilines is 1. The fourth-order valence-corrected chi connectivity index (χ4v) is 2.38. The third-order valence-electron chi connectivity index (χ3n) is 2.55. The summed E-state index contributed by atoms with van der Waals surface area (Å²) in [6, 6.07) is 7.80. The van der Waals surface area contributed by atoms with Crippen LogP contribution in [0.25, 0.3) is 0 Å². The molecule has 1 aromatic carbocycles. The molecule has 0 radical (unpaired) electrons. The molecular formula is C15H17NOW. The zero-order chi connectivity index (χ0) is 13.5. The summed E-state index contributed by atoms with van der Waals surface area (Å²) < 4.78 is 2.01. The van der Waals surface area contributed by atoms with Crippen LogP contribution < -0.4 is 5.32 Å². The van der Waals surface area contributed by atoms with Crippen molar-refractivity contribution in [3.8, 4) is 0 Å². The predicted octanol–water partition coefficient (Wildman–Crippen LogP) is 3.18. The maximum atomic E-state index is 12.1. The van der Waals surface area contributed by atoms with Gasteiger partial charge in [-0.15, -0.1) is 0 Å². The van der Waals surface area contributed by atoms with Crippen molar-refractivity contribution in [3.63, 3.8) is 0 Å². The van der Waals surface area contributed by atoms with Gasteiger partial charge in [-0.05, 0) is 0 Å². The van der Waals surface area contributed by atoms with Gasteiger partial charge in [-0.1, -0.05) is 0 Å². The summed E-state index contributed by atoms with van der Waals surface area (Å²) in [5, 5.41) is 2.92. The van der Waals surface area contributed by atoms with Gasteiger partial charge in [0.2, 0.25) is 0 Å². The second kappa shape index (κ2) is 7.23. The Morgan fingerprint density at radius 2 is 2.11 bits per heavy atom. The molecule has 0 aliphatic heterocycles. The van der Waals surface area contributed by atoms with Crippen LogP contribution >= 0.6 is 0 Å². The Hall–Kier alpha value is -1.27.